The number of carbonyl (C=O) groups is 3. The Kier molecular flexibility index (Phi) is 65.5. The second-order valence-electron chi connectivity index (χ2n) is 26.2. The minimum absolute atomic E-state index is 0.176. The highest BCUT2D eigenvalue weighted by Crippen LogP contribution is 2.19. The van der Waals surface area contributed by atoms with Gasteiger partial charge in [-0.2, -0.15) is 0 Å². The Morgan fingerprint density at radius 2 is 0.663 bits per heavy atom. The number of unbranched alkanes of at least 4 members (excludes halogenated alkanes) is 44. The number of rotatable bonds is 69. The number of quaternary nitrogens is 1. The number of carboxylic acids is 1. The molecular formula is C77H142NO8+. The van der Waals surface area contributed by atoms with Gasteiger partial charge in [0, 0.05) is 12.8 Å². The van der Waals surface area contributed by atoms with Crippen molar-refractivity contribution in [3.05, 3.63) is 60.8 Å². The Bertz CT molecular complexity index is 1600. The first kappa shape index (κ1) is 83.0. The van der Waals surface area contributed by atoms with E-state index < -0.39 is 18.4 Å². The molecule has 0 fully saturated rings. The highest BCUT2D eigenvalue weighted by molar-refractivity contribution is 5.71. The number of carboxylic acid groups (broad SMARTS) is 1. The van der Waals surface area contributed by atoms with Crippen LogP contribution in [0.4, 0.5) is 0 Å². The molecule has 0 aromatic carbocycles. The number of likely N-dealkylation sites (N-methyl/N-ethyl adjacent to an activating group) is 1. The van der Waals surface area contributed by atoms with Gasteiger partial charge in [0.25, 0.3) is 6.29 Å². The van der Waals surface area contributed by atoms with Crippen molar-refractivity contribution >= 4 is 17.9 Å². The molecule has 0 saturated heterocycles. The van der Waals surface area contributed by atoms with Gasteiger partial charge in [-0.05, 0) is 57.8 Å². The quantitative estimate of drug-likeness (QED) is 0.0211. The van der Waals surface area contributed by atoms with Crippen molar-refractivity contribution in [2.24, 2.45) is 0 Å². The SMILES string of the molecule is CC/C=C\C/C=C\C/C=C\C/C=C\C/C=C\CCCCCCCCCCCCCCCCCCCCCCCC(=O)OC(COC(=O)CCCCCCCCCCCCCCCCCCCCCCCCCC)COC(OCC[N+](C)(C)C)C(=O)O. The van der Waals surface area contributed by atoms with Gasteiger partial charge in [0.1, 0.15) is 13.2 Å². The molecule has 9 heteroatoms. The van der Waals surface area contributed by atoms with Gasteiger partial charge in [-0.1, -0.05) is 344 Å². The van der Waals surface area contributed by atoms with Gasteiger partial charge in [0.2, 0.25) is 0 Å². The topological polar surface area (TPSA) is 108 Å². The standard InChI is InChI=1S/C77H141NO8/c1-6-8-10-12-14-16-18-20-22-24-26-28-30-32-33-34-35-36-37-38-39-40-41-42-43-44-46-48-50-52-54-56-58-60-62-64-66-68-75(80)86-73(72-85-77(76(81)82)83-70-69-78(3,4)5)71-84-74(79)67-65-63-61-59-57-55-53-51-49-47-45-31-29-27-25-23-21-19-17-15-13-11-9-7-2/h8,10,14,16,20,22,26,28,32-33,73,77H,6-7,9,11-13,15,17-19,21,23-25,27,29-31,34-72H2,1-5H3/p+1/b10-8-,16-14-,22-20-,28-26-,33-32-. The summed E-state index contributed by atoms with van der Waals surface area (Å²) in [6.45, 7) is 4.83. The van der Waals surface area contributed by atoms with Gasteiger partial charge in [-0.15, -0.1) is 0 Å². The van der Waals surface area contributed by atoms with Crippen molar-refractivity contribution in [2.45, 2.75) is 367 Å². The summed E-state index contributed by atoms with van der Waals surface area (Å²) < 4.78 is 23.0. The van der Waals surface area contributed by atoms with Gasteiger partial charge in [0.05, 0.1) is 34.4 Å². The molecule has 2 atom stereocenters. The predicted molar refractivity (Wildman–Crippen MR) is 369 cm³/mol. The summed E-state index contributed by atoms with van der Waals surface area (Å²) >= 11 is 0. The van der Waals surface area contributed by atoms with Crippen LogP contribution in [0.5, 0.6) is 0 Å². The molecule has 0 aliphatic carbocycles. The first-order chi connectivity index (χ1) is 42.1. The Hall–Kier alpha value is -3.01. The lowest BCUT2D eigenvalue weighted by molar-refractivity contribution is -0.870. The van der Waals surface area contributed by atoms with Crippen molar-refractivity contribution in [3.8, 4) is 0 Å². The first-order valence-electron chi connectivity index (χ1n) is 37.0. The third-order valence-electron chi connectivity index (χ3n) is 16.5. The Balaban J connectivity index is 4.01. The van der Waals surface area contributed by atoms with E-state index in [0.29, 0.717) is 17.4 Å². The first-order valence-corrected chi connectivity index (χ1v) is 37.0. The normalized spacial score (nSPS) is 13.0. The number of ether oxygens (including phenoxy) is 4. The van der Waals surface area contributed by atoms with E-state index >= 15 is 0 Å². The molecule has 0 aromatic rings. The zero-order valence-electron chi connectivity index (χ0n) is 57.5. The van der Waals surface area contributed by atoms with Crippen LogP contribution >= 0.6 is 0 Å². The zero-order chi connectivity index (χ0) is 62.6. The fourth-order valence-corrected chi connectivity index (χ4v) is 10.9. The number of esters is 2. The summed E-state index contributed by atoms with van der Waals surface area (Å²) in [5, 5.41) is 9.75. The number of carbonyl (C=O) groups excluding carboxylic acids is 2. The predicted octanol–water partition coefficient (Wildman–Crippen LogP) is 23.1. The molecule has 0 bridgehead atoms. The molecule has 2 unspecified atom stereocenters. The van der Waals surface area contributed by atoms with Crippen LogP contribution in [-0.2, 0) is 33.3 Å². The third kappa shape index (κ3) is 68.5. The molecule has 86 heavy (non-hydrogen) atoms. The van der Waals surface area contributed by atoms with Crippen molar-refractivity contribution in [3.63, 3.8) is 0 Å². The van der Waals surface area contributed by atoms with Crippen LogP contribution < -0.4 is 0 Å². The molecule has 0 amide bonds. The van der Waals surface area contributed by atoms with E-state index in [9.17, 15) is 19.5 Å². The average Bonchev–Trinajstić information content (AvgIpc) is 3.64. The van der Waals surface area contributed by atoms with Crippen LogP contribution in [0, 0.1) is 0 Å². The van der Waals surface area contributed by atoms with E-state index in [1.807, 2.05) is 21.1 Å². The molecule has 0 saturated carbocycles. The molecule has 0 rings (SSSR count). The second kappa shape index (κ2) is 67.9. The number of hydrogen-bond acceptors (Lipinski definition) is 7. The Morgan fingerprint density at radius 3 is 0.988 bits per heavy atom. The van der Waals surface area contributed by atoms with E-state index in [0.717, 1.165) is 70.6 Å². The fourth-order valence-electron chi connectivity index (χ4n) is 10.9. The summed E-state index contributed by atoms with van der Waals surface area (Å²) in [6.07, 6.45) is 86.4. The van der Waals surface area contributed by atoms with Gasteiger partial charge < -0.3 is 28.5 Å². The highest BCUT2D eigenvalue weighted by Gasteiger charge is 2.25. The van der Waals surface area contributed by atoms with Crippen LogP contribution in [0.25, 0.3) is 0 Å². The van der Waals surface area contributed by atoms with Crippen LogP contribution in [-0.4, -0.2) is 87.4 Å². The molecule has 0 radical (unpaired) electrons. The van der Waals surface area contributed by atoms with Gasteiger partial charge in [0.15, 0.2) is 6.10 Å². The number of nitrogens with zero attached hydrogens (tertiary/aromatic N) is 1. The maximum Gasteiger partial charge on any atom is 0.361 e. The van der Waals surface area contributed by atoms with Crippen LogP contribution in [0.3, 0.4) is 0 Å². The molecule has 9 nitrogen and oxygen atoms in total. The minimum atomic E-state index is -1.51. The van der Waals surface area contributed by atoms with Gasteiger partial charge in [-0.25, -0.2) is 4.79 Å². The summed E-state index contributed by atoms with van der Waals surface area (Å²) in [5.74, 6) is -1.98. The summed E-state index contributed by atoms with van der Waals surface area (Å²) in [4.78, 5) is 37.7. The maximum atomic E-state index is 13.0. The smallest absolute Gasteiger partial charge is 0.361 e. The van der Waals surface area contributed by atoms with Crippen molar-refractivity contribution in [1.29, 1.82) is 0 Å². The molecule has 0 spiro atoms. The Labute approximate surface area is 533 Å². The van der Waals surface area contributed by atoms with E-state index in [2.05, 4.69) is 74.6 Å². The second-order valence-corrected chi connectivity index (χ2v) is 26.2. The molecule has 0 aromatic heterocycles. The Morgan fingerprint density at radius 1 is 0.360 bits per heavy atom. The molecule has 0 heterocycles. The largest absolute Gasteiger partial charge is 0.477 e. The van der Waals surface area contributed by atoms with Crippen molar-refractivity contribution in [2.75, 3.05) is 47.5 Å². The molecule has 0 aliphatic rings. The molecule has 0 aliphatic heterocycles. The molecule has 1 N–H and O–H groups in total. The van der Waals surface area contributed by atoms with Crippen LogP contribution in [0.1, 0.15) is 354 Å². The summed E-state index contributed by atoms with van der Waals surface area (Å²) in [7, 11) is 5.99. The highest BCUT2D eigenvalue weighted by atomic mass is 16.7. The van der Waals surface area contributed by atoms with Crippen LogP contribution in [0.15, 0.2) is 60.8 Å². The van der Waals surface area contributed by atoms with Crippen molar-refractivity contribution < 1.29 is 42.9 Å². The third-order valence-corrected chi connectivity index (χ3v) is 16.5. The maximum absolute atomic E-state index is 13.0. The van der Waals surface area contributed by atoms with Gasteiger partial charge in [-0.3, -0.25) is 9.59 Å². The average molecular weight is 1210 g/mol. The number of aliphatic carboxylic acids is 1. The van der Waals surface area contributed by atoms with E-state index in [1.54, 1.807) is 0 Å². The summed E-state index contributed by atoms with van der Waals surface area (Å²) in [6, 6.07) is 0. The minimum Gasteiger partial charge on any atom is -0.477 e. The van der Waals surface area contributed by atoms with Crippen molar-refractivity contribution in [1.82, 2.24) is 0 Å². The summed E-state index contributed by atoms with van der Waals surface area (Å²) in [5.41, 5.74) is 0. The monoisotopic (exact) mass is 1210 g/mol. The lowest BCUT2D eigenvalue weighted by Gasteiger charge is -2.25. The fraction of sp³-hybridized carbons (Fsp3) is 0.831. The lowest BCUT2D eigenvalue weighted by atomic mass is 10.0. The molecule has 502 valence electrons. The van der Waals surface area contributed by atoms with E-state index in [4.69, 9.17) is 18.9 Å². The molecular weight excluding hydrogens is 1070 g/mol. The number of allylic oxidation sites excluding steroid dienone is 10. The number of hydrogen-bond donors (Lipinski definition) is 1. The van der Waals surface area contributed by atoms with E-state index in [1.165, 1.54) is 257 Å². The van der Waals surface area contributed by atoms with E-state index in [-0.39, 0.29) is 38.2 Å². The zero-order valence-corrected chi connectivity index (χ0v) is 57.5. The van der Waals surface area contributed by atoms with Crippen LogP contribution in [0.2, 0.25) is 0 Å². The van der Waals surface area contributed by atoms with Gasteiger partial charge >= 0.3 is 17.9 Å². The lowest BCUT2D eigenvalue weighted by Crippen LogP contribution is -2.40.